The molecule has 0 saturated carbocycles. The van der Waals surface area contributed by atoms with Crippen molar-refractivity contribution in [3.63, 3.8) is 0 Å². The first-order valence-corrected chi connectivity index (χ1v) is 29.9. The Morgan fingerprint density at radius 3 is 1.49 bits per heavy atom. The number of nitrogens with two attached hydrogens (primary N) is 2. The lowest BCUT2D eigenvalue weighted by molar-refractivity contribution is -0.140. The molecule has 0 aliphatic heterocycles. The summed E-state index contributed by atoms with van der Waals surface area (Å²) in [7, 11) is 2.75. The summed E-state index contributed by atoms with van der Waals surface area (Å²) in [6.07, 6.45) is -1.14. The first kappa shape index (κ1) is 81.8. The summed E-state index contributed by atoms with van der Waals surface area (Å²) >= 11 is 0. The van der Waals surface area contributed by atoms with E-state index in [1.165, 1.54) is 40.9 Å². The minimum atomic E-state index is -2.06. The fraction of sp³-hybridized carbons (Fsp3) is 0.672. The van der Waals surface area contributed by atoms with E-state index in [1.807, 2.05) is 0 Å². The molecule has 0 aromatic heterocycles. The molecule has 0 rings (SSSR count). The summed E-state index contributed by atoms with van der Waals surface area (Å²) in [5, 5.41) is 52.1. The summed E-state index contributed by atoms with van der Waals surface area (Å²) in [4.78, 5) is 191. The van der Waals surface area contributed by atoms with Crippen LogP contribution in [-0.2, 0) is 67.1 Å². The fourth-order valence-corrected chi connectivity index (χ4v) is 8.84. The van der Waals surface area contributed by atoms with Crippen molar-refractivity contribution >= 4 is 89.9 Å². The van der Waals surface area contributed by atoms with Crippen molar-refractivity contribution in [3.05, 3.63) is 25.3 Å². The van der Waals surface area contributed by atoms with Gasteiger partial charge < -0.3 is 89.2 Å². The number of aldehydes is 3. The van der Waals surface area contributed by atoms with Gasteiger partial charge in [-0.3, -0.25) is 73.7 Å². The van der Waals surface area contributed by atoms with Gasteiger partial charge in [0.05, 0.1) is 36.6 Å². The molecule has 19 N–H and O–H groups in total. The Balaban J connectivity index is 7.68. The van der Waals surface area contributed by atoms with Crippen LogP contribution < -0.4 is 80.6 Å². The van der Waals surface area contributed by atoms with E-state index in [-0.39, 0.29) is 75.7 Å². The van der Waals surface area contributed by atoms with Crippen LogP contribution >= 0.6 is 0 Å². The number of carbonyl (C=O) groups excluding carboxylic acids is 12. The number of allylic oxidation sites excluding steroid dienone is 2. The number of nitrogens with one attached hydrogen (secondary N) is 13. The van der Waals surface area contributed by atoms with Crippen molar-refractivity contribution in [2.75, 3.05) is 27.2 Å². The highest BCUT2D eigenvalue weighted by molar-refractivity contribution is 5.99. The zero-order chi connectivity index (χ0) is 68.9. The summed E-state index contributed by atoms with van der Waals surface area (Å²) in [5.41, 5.74) is 7.57. The maximum Gasteiger partial charge on any atom is 0.305 e. The summed E-state index contributed by atoms with van der Waals surface area (Å²) in [6, 6.07) is -8.11. The average molecular weight is 1280 g/mol. The third-order valence-corrected chi connectivity index (χ3v) is 14.0. The van der Waals surface area contributed by atoms with Gasteiger partial charge in [-0.05, 0) is 109 Å². The van der Waals surface area contributed by atoms with Gasteiger partial charge in [-0.25, -0.2) is 0 Å². The number of carboxylic acid groups (broad SMARTS) is 2. The van der Waals surface area contributed by atoms with Crippen molar-refractivity contribution in [2.24, 2.45) is 34.2 Å². The molecule has 0 aliphatic rings. The molecule has 0 spiro atoms. The topological polar surface area (TPSA) is 500 Å². The summed E-state index contributed by atoms with van der Waals surface area (Å²) in [6.45, 7) is 19.7. The molecule has 0 aromatic rings. The molecule has 32 nitrogen and oxygen atoms in total. The van der Waals surface area contributed by atoms with Crippen LogP contribution in [0.1, 0.15) is 139 Å². The molecular formula is C58H100N16O16. The Bertz CT molecular complexity index is 2480. The number of rotatable bonds is 49. The van der Waals surface area contributed by atoms with Crippen molar-refractivity contribution in [1.29, 1.82) is 0 Å². The van der Waals surface area contributed by atoms with Crippen LogP contribution in [-0.4, -0.2) is 193 Å². The number of amides is 9. The molecule has 0 bridgehead atoms. The molecule has 11 atom stereocenters. The zero-order valence-corrected chi connectivity index (χ0v) is 53.5. The SMILES string of the molecule is C=CCCC[C@@](C)(NC)C(=O)N[C@@H](N[C@H](C=O)CCCN=C(N)N)C(=O)N[C@@H](N[C@H](C=O)CC(C)C)C(=O)N[C@@H](N[C@H](C=O)CC(C)C)C(=O)N[C@@](C)(CCCC=C)C(=O)N[C@@H](CCC(=O)O)C(=O)NC(C(=O)NCC(=O)NC(CC(=O)O)C(=O)NC)C(C)C. The number of guanidine groups is 1. The van der Waals surface area contributed by atoms with Gasteiger partial charge in [0.15, 0.2) is 24.5 Å². The molecular weight excluding hydrogens is 1180 g/mol. The molecule has 0 aromatic carbocycles. The van der Waals surface area contributed by atoms with Gasteiger partial charge in [0.2, 0.25) is 35.4 Å². The Kier molecular flexibility index (Phi) is 38.8. The maximum absolute atomic E-state index is 14.9. The average Bonchev–Trinajstić information content (AvgIpc) is 0.969. The van der Waals surface area contributed by atoms with E-state index in [9.17, 15) is 77.3 Å². The van der Waals surface area contributed by atoms with E-state index < -0.39 is 163 Å². The van der Waals surface area contributed by atoms with E-state index in [1.54, 1.807) is 40.7 Å². The largest absolute Gasteiger partial charge is 0.481 e. The minimum absolute atomic E-state index is 0.0503. The van der Waals surface area contributed by atoms with Gasteiger partial charge in [-0.15, -0.1) is 13.2 Å². The van der Waals surface area contributed by atoms with Gasteiger partial charge in [-0.1, -0.05) is 53.7 Å². The van der Waals surface area contributed by atoms with Gasteiger partial charge in [0.1, 0.15) is 42.5 Å². The molecule has 32 heteroatoms. The highest BCUT2D eigenvalue weighted by atomic mass is 16.4. The molecule has 0 saturated heterocycles. The van der Waals surface area contributed by atoms with Gasteiger partial charge in [-0.2, -0.15) is 0 Å². The Labute approximate surface area is 526 Å². The maximum atomic E-state index is 14.9. The number of carboxylic acids is 2. The third kappa shape index (κ3) is 31.8. The van der Waals surface area contributed by atoms with Crippen LogP contribution in [0.15, 0.2) is 30.3 Å². The highest BCUT2D eigenvalue weighted by Crippen LogP contribution is 2.18. The molecule has 0 fully saturated rings. The summed E-state index contributed by atoms with van der Waals surface area (Å²) < 4.78 is 0. The molecule has 2 unspecified atom stereocenters. The lowest BCUT2D eigenvalue weighted by Crippen LogP contribution is -2.69. The number of unbranched alkanes of at least 4 members (excludes halogenated alkanes) is 2. The second-order valence-electron chi connectivity index (χ2n) is 23.2. The van der Waals surface area contributed by atoms with E-state index >= 15 is 0 Å². The van der Waals surface area contributed by atoms with Crippen molar-refractivity contribution in [3.8, 4) is 0 Å². The predicted octanol–water partition coefficient (Wildman–Crippen LogP) is -3.19. The second kappa shape index (κ2) is 42.7. The number of aliphatic imine (C=N–C) groups is 1. The number of carbonyl (C=O) groups is 14. The quantitative estimate of drug-likeness (QED) is 0.00713. The molecule has 90 heavy (non-hydrogen) atoms. The molecule has 508 valence electrons. The molecule has 0 aliphatic carbocycles. The van der Waals surface area contributed by atoms with Crippen LogP contribution in [0, 0.1) is 17.8 Å². The molecule has 0 heterocycles. The first-order valence-electron chi connectivity index (χ1n) is 29.9. The van der Waals surface area contributed by atoms with Crippen LogP contribution in [0.2, 0.25) is 0 Å². The Hall–Kier alpha value is -8.23. The monoisotopic (exact) mass is 1280 g/mol. The highest BCUT2D eigenvalue weighted by Gasteiger charge is 2.42. The van der Waals surface area contributed by atoms with Gasteiger partial charge >= 0.3 is 11.9 Å². The van der Waals surface area contributed by atoms with Crippen LogP contribution in [0.5, 0.6) is 0 Å². The lowest BCUT2D eigenvalue weighted by atomic mass is 9.92. The standard InChI is InChI=1S/C58H100N16O16/c1-13-15-17-23-57(9,62-12)54(89)73-46(65-36(30-75)20-19-25-63-56(59)60)52(87)71-45(66-37(31-76)26-33(3)4)51(86)72-47(67-38(32-77)27-34(5)6)53(88)74-58(10,24-18-16-14-2)55(90)69-39(21-22-42(79)80)49(84)70-44(35(7)8)50(85)64-29-41(78)68-40(28-43(81)82)48(83)61-11/h13-14,30-40,44-47,62,65-67H,1-2,15-29H2,3-12H3,(H,61,83)(H,64,85)(H,68,78)(H,69,90)(H,70,84)(H,71,87)(H,72,86)(H,73,89)(H,74,88)(H,79,80)(H,81,82)(H4,59,60,63)/t36-,37-,38-,39-,40?,44?,45+,46+,47+,57+,58-/m0/s1. The second-order valence-corrected chi connectivity index (χ2v) is 23.2. The number of nitrogens with zero attached hydrogens (tertiary/aromatic N) is 1. The van der Waals surface area contributed by atoms with E-state index in [0.29, 0.717) is 31.7 Å². The normalized spacial score (nSPS) is 15.5. The zero-order valence-electron chi connectivity index (χ0n) is 53.5. The fourth-order valence-electron chi connectivity index (χ4n) is 8.84. The number of hydrogen-bond donors (Lipinski definition) is 17. The number of likely N-dealkylation sites (N-methyl/N-ethyl adjacent to an activating group) is 2. The first-order chi connectivity index (χ1) is 42.2. The number of aliphatic carboxylic acids is 2. The number of hydrogen-bond acceptors (Lipinski definition) is 19. The third-order valence-electron chi connectivity index (χ3n) is 14.0. The summed E-state index contributed by atoms with van der Waals surface area (Å²) in [5.74, 6) is -13.2. The van der Waals surface area contributed by atoms with Crippen molar-refractivity contribution in [1.82, 2.24) is 69.1 Å². The van der Waals surface area contributed by atoms with Crippen LogP contribution in [0.3, 0.4) is 0 Å². The van der Waals surface area contributed by atoms with Crippen molar-refractivity contribution in [2.45, 2.75) is 205 Å². The van der Waals surface area contributed by atoms with Crippen LogP contribution in [0.4, 0.5) is 0 Å². The minimum Gasteiger partial charge on any atom is -0.481 e. The smallest absolute Gasteiger partial charge is 0.305 e. The molecule has 0 radical (unpaired) electrons. The van der Waals surface area contributed by atoms with Gasteiger partial charge in [0, 0.05) is 20.0 Å². The van der Waals surface area contributed by atoms with Crippen LogP contribution in [0.25, 0.3) is 0 Å². The predicted molar refractivity (Wildman–Crippen MR) is 333 cm³/mol. The van der Waals surface area contributed by atoms with E-state index in [0.717, 1.165) is 0 Å². The molecule has 9 amide bonds. The Morgan fingerprint density at radius 1 is 0.556 bits per heavy atom. The van der Waals surface area contributed by atoms with Gasteiger partial charge in [0.25, 0.3) is 17.7 Å². The van der Waals surface area contributed by atoms with E-state index in [4.69, 9.17) is 11.5 Å². The lowest BCUT2D eigenvalue weighted by Gasteiger charge is -2.35. The van der Waals surface area contributed by atoms with E-state index in [2.05, 4.69) is 87.3 Å². The van der Waals surface area contributed by atoms with Crippen molar-refractivity contribution < 1.29 is 77.3 Å². The Morgan fingerprint density at radius 2 is 1.04 bits per heavy atom.